The van der Waals surface area contributed by atoms with Gasteiger partial charge in [-0.3, -0.25) is 0 Å². The molecule has 0 radical (unpaired) electrons. The number of thioether (sulfide) groups is 1. The monoisotopic (exact) mass is 233 g/mol. The first-order valence-corrected chi connectivity index (χ1v) is 6.23. The zero-order valence-corrected chi connectivity index (χ0v) is 10.2. The number of pyridine rings is 1. The molecule has 3 nitrogen and oxygen atoms in total. The van der Waals surface area contributed by atoms with Gasteiger partial charge in [0.2, 0.25) is 0 Å². The van der Waals surface area contributed by atoms with Gasteiger partial charge >= 0.3 is 0 Å². The third kappa shape index (κ3) is 3.95. The molecule has 0 aliphatic carbocycles. The van der Waals surface area contributed by atoms with Crippen LogP contribution < -0.4 is 5.32 Å². The molecule has 1 N–H and O–H groups in total. The second kappa shape index (κ2) is 6.91. The van der Waals surface area contributed by atoms with Crippen LogP contribution in [0.3, 0.4) is 0 Å². The van der Waals surface area contributed by atoms with Gasteiger partial charge in [-0.15, -0.1) is 6.58 Å². The summed E-state index contributed by atoms with van der Waals surface area (Å²) >= 11 is 1.80. The van der Waals surface area contributed by atoms with Crippen LogP contribution in [-0.4, -0.2) is 23.0 Å². The Morgan fingerprint density at radius 3 is 3.12 bits per heavy atom. The molecule has 0 bridgehead atoms. The predicted octanol–water partition coefficient (Wildman–Crippen LogP) is 2.59. The lowest BCUT2D eigenvalue weighted by atomic mass is 10.2. The summed E-state index contributed by atoms with van der Waals surface area (Å²) in [5.74, 6) is 2.61. The summed E-state index contributed by atoms with van der Waals surface area (Å²) < 4.78 is 0. The Morgan fingerprint density at radius 2 is 2.44 bits per heavy atom. The molecule has 0 spiro atoms. The van der Waals surface area contributed by atoms with E-state index in [1.165, 1.54) is 0 Å². The van der Waals surface area contributed by atoms with Crippen molar-refractivity contribution in [3.8, 4) is 6.07 Å². The lowest BCUT2D eigenvalue weighted by Gasteiger charge is -2.07. The van der Waals surface area contributed by atoms with Crippen LogP contribution in [0, 0.1) is 18.3 Å². The molecule has 0 aromatic carbocycles. The number of nitriles is 1. The Labute approximate surface area is 101 Å². The first kappa shape index (κ1) is 12.6. The summed E-state index contributed by atoms with van der Waals surface area (Å²) in [7, 11) is 0. The van der Waals surface area contributed by atoms with Crippen molar-refractivity contribution < 1.29 is 0 Å². The van der Waals surface area contributed by atoms with E-state index in [0.717, 1.165) is 23.7 Å². The summed E-state index contributed by atoms with van der Waals surface area (Å²) in [6.07, 6.45) is 1.89. The van der Waals surface area contributed by atoms with Crippen LogP contribution >= 0.6 is 11.8 Å². The van der Waals surface area contributed by atoms with Gasteiger partial charge in [-0.05, 0) is 19.1 Å². The number of anilines is 1. The quantitative estimate of drug-likeness (QED) is 0.606. The molecule has 84 valence electrons. The number of rotatable bonds is 6. The Morgan fingerprint density at radius 1 is 1.62 bits per heavy atom. The number of hydrogen-bond donors (Lipinski definition) is 1. The van der Waals surface area contributed by atoms with Crippen molar-refractivity contribution in [2.24, 2.45) is 0 Å². The number of aromatic nitrogens is 1. The largest absolute Gasteiger partial charge is 0.368 e. The van der Waals surface area contributed by atoms with E-state index in [1.54, 1.807) is 17.8 Å². The average Bonchev–Trinajstić information content (AvgIpc) is 2.29. The Bertz CT molecular complexity index is 396. The molecule has 1 aromatic heterocycles. The fourth-order valence-electron chi connectivity index (χ4n) is 1.19. The fraction of sp³-hybridized carbons (Fsp3) is 0.333. The maximum atomic E-state index is 8.90. The third-order valence-corrected chi connectivity index (χ3v) is 2.89. The van der Waals surface area contributed by atoms with Crippen LogP contribution in [0.25, 0.3) is 0 Å². The highest BCUT2D eigenvalue weighted by atomic mass is 32.2. The van der Waals surface area contributed by atoms with Gasteiger partial charge in [0.25, 0.3) is 0 Å². The fourth-order valence-corrected chi connectivity index (χ4v) is 1.77. The topological polar surface area (TPSA) is 48.7 Å². The van der Waals surface area contributed by atoms with Crippen LogP contribution in [-0.2, 0) is 0 Å². The van der Waals surface area contributed by atoms with Crippen molar-refractivity contribution in [1.29, 1.82) is 5.26 Å². The highest BCUT2D eigenvalue weighted by Crippen LogP contribution is 2.12. The zero-order chi connectivity index (χ0) is 11.8. The van der Waals surface area contributed by atoms with Crippen LogP contribution in [0.4, 0.5) is 5.82 Å². The molecule has 1 aromatic rings. The minimum atomic E-state index is 0.597. The normalized spacial score (nSPS) is 9.50. The van der Waals surface area contributed by atoms with E-state index in [2.05, 4.69) is 22.9 Å². The van der Waals surface area contributed by atoms with Gasteiger partial charge < -0.3 is 5.32 Å². The molecular weight excluding hydrogens is 218 g/mol. The van der Waals surface area contributed by atoms with Crippen molar-refractivity contribution >= 4 is 17.6 Å². The van der Waals surface area contributed by atoms with Gasteiger partial charge in [0.1, 0.15) is 11.9 Å². The molecule has 0 saturated carbocycles. The lowest BCUT2D eigenvalue weighted by molar-refractivity contribution is 1.12. The van der Waals surface area contributed by atoms with E-state index in [0.29, 0.717) is 11.4 Å². The van der Waals surface area contributed by atoms with E-state index >= 15 is 0 Å². The summed E-state index contributed by atoms with van der Waals surface area (Å²) in [5.41, 5.74) is 1.51. The molecule has 16 heavy (non-hydrogen) atoms. The molecule has 0 amide bonds. The summed E-state index contributed by atoms with van der Waals surface area (Å²) in [6.45, 7) is 6.38. The van der Waals surface area contributed by atoms with Crippen molar-refractivity contribution in [2.75, 3.05) is 23.4 Å². The number of nitrogens with one attached hydrogen (secondary N) is 1. The molecule has 0 fully saturated rings. The highest BCUT2D eigenvalue weighted by molar-refractivity contribution is 7.99. The first-order valence-electron chi connectivity index (χ1n) is 5.08. The van der Waals surface area contributed by atoms with Crippen LogP contribution in [0.2, 0.25) is 0 Å². The van der Waals surface area contributed by atoms with Gasteiger partial charge in [-0.1, -0.05) is 6.08 Å². The Balaban J connectivity index is 2.49. The SMILES string of the molecule is C=CCSCCNc1nc(C)ccc1C#N. The number of aryl methyl sites for hydroxylation is 1. The van der Waals surface area contributed by atoms with Crippen molar-refractivity contribution in [2.45, 2.75) is 6.92 Å². The van der Waals surface area contributed by atoms with E-state index in [1.807, 2.05) is 19.1 Å². The first-order chi connectivity index (χ1) is 7.77. The average molecular weight is 233 g/mol. The molecule has 0 unspecified atom stereocenters. The van der Waals surface area contributed by atoms with E-state index < -0.39 is 0 Å². The summed E-state index contributed by atoms with van der Waals surface area (Å²) in [4.78, 5) is 4.30. The second-order valence-electron chi connectivity index (χ2n) is 3.25. The van der Waals surface area contributed by atoms with Crippen molar-refractivity contribution in [3.05, 3.63) is 36.0 Å². The molecule has 1 rings (SSSR count). The lowest BCUT2D eigenvalue weighted by Crippen LogP contribution is -2.08. The van der Waals surface area contributed by atoms with Gasteiger partial charge in [-0.25, -0.2) is 4.98 Å². The summed E-state index contributed by atoms with van der Waals surface area (Å²) in [5, 5.41) is 12.1. The third-order valence-electron chi connectivity index (χ3n) is 1.93. The van der Waals surface area contributed by atoms with Crippen molar-refractivity contribution in [3.63, 3.8) is 0 Å². The number of hydrogen-bond acceptors (Lipinski definition) is 4. The molecule has 0 aliphatic heterocycles. The Hall–Kier alpha value is -1.47. The molecule has 1 heterocycles. The molecule has 0 saturated heterocycles. The molecular formula is C12H15N3S. The predicted molar refractivity (Wildman–Crippen MR) is 69.7 cm³/mol. The highest BCUT2D eigenvalue weighted by Gasteiger charge is 2.02. The van der Waals surface area contributed by atoms with Crippen LogP contribution in [0.15, 0.2) is 24.8 Å². The van der Waals surface area contributed by atoms with Crippen LogP contribution in [0.1, 0.15) is 11.3 Å². The van der Waals surface area contributed by atoms with Gasteiger partial charge in [0, 0.05) is 23.7 Å². The van der Waals surface area contributed by atoms with Crippen LogP contribution in [0.5, 0.6) is 0 Å². The minimum Gasteiger partial charge on any atom is -0.368 e. The van der Waals surface area contributed by atoms with Gasteiger partial charge in [0.15, 0.2) is 0 Å². The summed E-state index contributed by atoms with van der Waals surface area (Å²) in [6, 6.07) is 5.76. The maximum Gasteiger partial charge on any atom is 0.144 e. The van der Waals surface area contributed by atoms with Gasteiger partial charge in [0.05, 0.1) is 5.56 Å². The Kier molecular flexibility index (Phi) is 5.44. The van der Waals surface area contributed by atoms with E-state index in [9.17, 15) is 0 Å². The second-order valence-corrected chi connectivity index (χ2v) is 4.40. The standard InChI is InChI=1S/C12H15N3S/c1-3-7-16-8-6-14-12-11(9-13)5-4-10(2)15-12/h3-5H,1,6-8H2,2H3,(H,14,15). The molecule has 0 atom stereocenters. The van der Waals surface area contributed by atoms with E-state index in [-0.39, 0.29) is 0 Å². The number of nitrogens with zero attached hydrogens (tertiary/aromatic N) is 2. The smallest absolute Gasteiger partial charge is 0.144 e. The zero-order valence-electron chi connectivity index (χ0n) is 9.36. The van der Waals surface area contributed by atoms with E-state index in [4.69, 9.17) is 5.26 Å². The van der Waals surface area contributed by atoms with Gasteiger partial charge in [-0.2, -0.15) is 17.0 Å². The minimum absolute atomic E-state index is 0.597. The molecule has 0 aliphatic rings. The molecule has 4 heteroatoms. The maximum absolute atomic E-state index is 8.90. The van der Waals surface area contributed by atoms with Crippen molar-refractivity contribution in [1.82, 2.24) is 4.98 Å².